The summed E-state index contributed by atoms with van der Waals surface area (Å²) in [6, 6.07) is 0. The van der Waals surface area contributed by atoms with Crippen LogP contribution in [0.25, 0.3) is 6.08 Å². The first-order valence-electron chi connectivity index (χ1n) is 3.88. The molecule has 0 aliphatic rings. The zero-order chi connectivity index (χ0) is 7.94. The molecule has 0 atom stereocenters. The fourth-order valence-electron chi connectivity index (χ4n) is 0.826. The zero-order valence-corrected chi connectivity index (χ0v) is 6.59. The molecule has 0 saturated heterocycles. The molecule has 1 heterocycles. The van der Waals surface area contributed by atoms with E-state index in [0.717, 1.165) is 25.1 Å². The molecule has 1 rings (SSSR count). The van der Waals surface area contributed by atoms with Crippen LogP contribution in [0.15, 0.2) is 18.5 Å². The van der Waals surface area contributed by atoms with Crippen LogP contribution in [-0.4, -0.2) is 9.97 Å². The third-order valence-electron chi connectivity index (χ3n) is 1.42. The predicted molar refractivity (Wildman–Crippen MR) is 46.8 cm³/mol. The van der Waals surface area contributed by atoms with E-state index in [1.54, 1.807) is 6.20 Å². The molecule has 2 heteroatoms. The molecule has 1 aromatic heterocycles. The van der Waals surface area contributed by atoms with Crippen LogP contribution in [0.3, 0.4) is 0 Å². The van der Waals surface area contributed by atoms with Crippen molar-refractivity contribution in [1.82, 2.24) is 9.97 Å². The van der Waals surface area contributed by atoms with Crippen LogP contribution in [0.1, 0.15) is 25.1 Å². The monoisotopic (exact) mass is 149 g/mol. The Morgan fingerprint density at radius 1 is 1.64 bits per heavy atom. The van der Waals surface area contributed by atoms with Crippen LogP contribution in [0, 0.1) is 6.92 Å². The van der Waals surface area contributed by atoms with Gasteiger partial charge in [0.25, 0.3) is 0 Å². The normalized spacial score (nSPS) is 11.0. The number of rotatable bonds is 4. The van der Waals surface area contributed by atoms with Gasteiger partial charge in [-0.25, -0.2) is 4.98 Å². The molecule has 2 nitrogen and oxygen atoms in total. The average Bonchev–Trinajstić information content (AvgIpc) is 2.50. The topological polar surface area (TPSA) is 28.7 Å². The van der Waals surface area contributed by atoms with Crippen LogP contribution >= 0.6 is 0 Å². The summed E-state index contributed by atoms with van der Waals surface area (Å²) in [5, 5.41) is 0. The number of nitrogens with zero attached hydrogens (tertiary/aromatic N) is 1. The van der Waals surface area contributed by atoms with Gasteiger partial charge in [-0.2, -0.15) is 0 Å². The molecular weight excluding hydrogens is 136 g/mol. The van der Waals surface area contributed by atoms with Gasteiger partial charge in [-0.15, -0.1) is 0 Å². The minimum Gasteiger partial charge on any atom is -0.345 e. The lowest BCUT2D eigenvalue weighted by Gasteiger charge is -1.86. The molecule has 1 N–H and O–H groups in total. The Labute approximate surface area is 67.4 Å². The molecule has 11 heavy (non-hydrogen) atoms. The summed E-state index contributed by atoms with van der Waals surface area (Å²) in [4.78, 5) is 7.06. The molecule has 0 unspecified atom stereocenters. The highest BCUT2D eigenvalue weighted by Gasteiger charge is 1.84. The first-order chi connectivity index (χ1) is 5.43. The van der Waals surface area contributed by atoms with E-state index < -0.39 is 0 Å². The number of hydrogen-bond donors (Lipinski definition) is 1. The van der Waals surface area contributed by atoms with Gasteiger partial charge in [0.2, 0.25) is 0 Å². The average molecular weight is 149 g/mol. The quantitative estimate of drug-likeness (QED) is 0.654. The Balaban J connectivity index is 2.25. The number of aromatic nitrogens is 2. The standard InChI is InChI=1S/C9H13N2/c1-2-3-4-5-6-9-10-7-8-11-9/h5-8H,1-4H2,(H,10,11). The molecule has 0 aliphatic heterocycles. The third-order valence-corrected chi connectivity index (χ3v) is 1.42. The SMILES string of the molecule is [CH2]CCCC=Cc1ncc[nH]1. The van der Waals surface area contributed by atoms with E-state index >= 15 is 0 Å². The van der Waals surface area contributed by atoms with Crippen LogP contribution in [0.4, 0.5) is 0 Å². The molecule has 0 saturated carbocycles. The Kier molecular flexibility index (Phi) is 3.45. The Morgan fingerprint density at radius 2 is 2.55 bits per heavy atom. The highest BCUT2D eigenvalue weighted by atomic mass is 14.9. The second-order valence-corrected chi connectivity index (χ2v) is 2.37. The van der Waals surface area contributed by atoms with Gasteiger partial charge in [0, 0.05) is 12.4 Å². The molecular formula is C9H13N2. The maximum atomic E-state index is 4.06. The van der Waals surface area contributed by atoms with Gasteiger partial charge in [-0.1, -0.05) is 19.4 Å². The van der Waals surface area contributed by atoms with E-state index in [1.165, 1.54) is 0 Å². The zero-order valence-electron chi connectivity index (χ0n) is 6.59. The number of aromatic amines is 1. The van der Waals surface area contributed by atoms with E-state index in [1.807, 2.05) is 12.3 Å². The van der Waals surface area contributed by atoms with Crippen LogP contribution in [0.5, 0.6) is 0 Å². The smallest absolute Gasteiger partial charge is 0.129 e. The highest BCUT2D eigenvalue weighted by Crippen LogP contribution is 1.98. The van der Waals surface area contributed by atoms with Crippen molar-refractivity contribution >= 4 is 6.08 Å². The van der Waals surface area contributed by atoms with Gasteiger partial charge >= 0.3 is 0 Å². The number of H-pyrrole nitrogens is 1. The van der Waals surface area contributed by atoms with Gasteiger partial charge in [-0.3, -0.25) is 0 Å². The summed E-state index contributed by atoms with van der Waals surface area (Å²) in [7, 11) is 0. The third kappa shape index (κ3) is 3.03. The fourth-order valence-corrected chi connectivity index (χ4v) is 0.826. The van der Waals surface area contributed by atoms with Crippen molar-refractivity contribution in [2.75, 3.05) is 0 Å². The highest BCUT2D eigenvalue weighted by molar-refractivity contribution is 5.38. The first-order valence-corrected chi connectivity index (χ1v) is 3.88. The van der Waals surface area contributed by atoms with Gasteiger partial charge in [-0.05, 0) is 18.9 Å². The molecule has 0 aliphatic carbocycles. The molecule has 59 valence electrons. The van der Waals surface area contributed by atoms with E-state index in [9.17, 15) is 0 Å². The molecule has 0 aromatic carbocycles. The molecule has 1 radical (unpaired) electrons. The van der Waals surface area contributed by atoms with Crippen molar-refractivity contribution < 1.29 is 0 Å². The number of nitrogens with one attached hydrogen (secondary N) is 1. The molecule has 1 aromatic rings. The first kappa shape index (κ1) is 8.05. The van der Waals surface area contributed by atoms with E-state index in [2.05, 4.69) is 23.0 Å². The van der Waals surface area contributed by atoms with Crippen molar-refractivity contribution in [3.8, 4) is 0 Å². The van der Waals surface area contributed by atoms with Crippen LogP contribution in [0.2, 0.25) is 0 Å². The van der Waals surface area contributed by atoms with E-state index in [0.29, 0.717) is 0 Å². The van der Waals surface area contributed by atoms with Crippen molar-refractivity contribution in [3.05, 3.63) is 31.2 Å². The van der Waals surface area contributed by atoms with Crippen LogP contribution in [-0.2, 0) is 0 Å². The second-order valence-electron chi connectivity index (χ2n) is 2.37. The van der Waals surface area contributed by atoms with Crippen molar-refractivity contribution in [2.24, 2.45) is 0 Å². The van der Waals surface area contributed by atoms with E-state index in [-0.39, 0.29) is 0 Å². The summed E-state index contributed by atoms with van der Waals surface area (Å²) in [5.74, 6) is 0.925. The Hall–Kier alpha value is -1.05. The Morgan fingerprint density at radius 3 is 3.18 bits per heavy atom. The molecule has 0 spiro atoms. The summed E-state index contributed by atoms with van der Waals surface area (Å²) in [6.07, 6.45) is 10.9. The van der Waals surface area contributed by atoms with Crippen molar-refractivity contribution in [3.63, 3.8) is 0 Å². The largest absolute Gasteiger partial charge is 0.345 e. The van der Waals surface area contributed by atoms with Gasteiger partial charge in [0.15, 0.2) is 0 Å². The summed E-state index contributed by atoms with van der Waals surface area (Å²) < 4.78 is 0. The maximum absolute atomic E-state index is 4.06. The maximum Gasteiger partial charge on any atom is 0.129 e. The number of allylic oxidation sites excluding steroid dienone is 1. The number of hydrogen-bond acceptors (Lipinski definition) is 1. The van der Waals surface area contributed by atoms with Gasteiger partial charge < -0.3 is 4.98 Å². The fraction of sp³-hybridized carbons (Fsp3) is 0.333. The lowest BCUT2D eigenvalue weighted by molar-refractivity contribution is 0.868. The minimum absolute atomic E-state index is 0.925. The lowest BCUT2D eigenvalue weighted by Crippen LogP contribution is -1.73. The van der Waals surface area contributed by atoms with Gasteiger partial charge in [0.1, 0.15) is 5.82 Å². The summed E-state index contributed by atoms with van der Waals surface area (Å²) in [5.41, 5.74) is 0. The Bertz CT molecular complexity index is 199. The van der Waals surface area contributed by atoms with Crippen molar-refractivity contribution in [2.45, 2.75) is 19.3 Å². The van der Waals surface area contributed by atoms with Gasteiger partial charge in [0.05, 0.1) is 0 Å². The lowest BCUT2D eigenvalue weighted by atomic mass is 10.2. The summed E-state index contributed by atoms with van der Waals surface area (Å²) >= 11 is 0. The minimum atomic E-state index is 0.925. The predicted octanol–water partition coefficient (Wildman–Crippen LogP) is 2.43. The summed E-state index contributed by atoms with van der Waals surface area (Å²) in [6.45, 7) is 3.76. The van der Waals surface area contributed by atoms with Crippen LogP contribution < -0.4 is 0 Å². The van der Waals surface area contributed by atoms with E-state index in [4.69, 9.17) is 0 Å². The molecule has 0 fully saturated rings. The second kappa shape index (κ2) is 4.72. The van der Waals surface area contributed by atoms with Crippen molar-refractivity contribution in [1.29, 1.82) is 0 Å². The molecule has 0 bridgehead atoms. The molecule has 0 amide bonds. The number of unbranched alkanes of at least 4 members (excludes halogenated alkanes) is 2. The number of imidazole rings is 1.